The number of hydrazine groups is 1. The molecule has 3 atom stereocenters. The average Bonchev–Trinajstić information content (AvgIpc) is 2.78. The number of nitrogens with one attached hydrogen (secondary N) is 1. The van der Waals surface area contributed by atoms with Crippen LogP contribution in [0.25, 0.3) is 0 Å². The van der Waals surface area contributed by atoms with Gasteiger partial charge in [-0.05, 0) is 88.6 Å². The van der Waals surface area contributed by atoms with E-state index in [1.807, 2.05) is 11.3 Å². The first-order valence-corrected chi connectivity index (χ1v) is 9.87. The van der Waals surface area contributed by atoms with Crippen LogP contribution in [-0.2, 0) is 6.42 Å². The molecular weight excluding hydrogens is 344 g/mol. The van der Waals surface area contributed by atoms with Crippen molar-refractivity contribution < 1.29 is 0 Å². The molecule has 4 aliphatic rings. The van der Waals surface area contributed by atoms with Gasteiger partial charge in [-0.15, -0.1) is 11.3 Å². The van der Waals surface area contributed by atoms with E-state index in [9.17, 15) is 0 Å². The van der Waals surface area contributed by atoms with Crippen molar-refractivity contribution in [2.45, 2.75) is 57.9 Å². The molecule has 0 amide bonds. The van der Waals surface area contributed by atoms with Crippen LogP contribution >= 0.6 is 27.3 Å². The fraction of sp³-hybridized carbons (Fsp3) is 0.765. The smallest absolute Gasteiger partial charge is 0.0315 e. The molecule has 2 nitrogen and oxygen atoms in total. The van der Waals surface area contributed by atoms with E-state index in [0.29, 0.717) is 16.9 Å². The Morgan fingerprint density at radius 2 is 2.10 bits per heavy atom. The van der Waals surface area contributed by atoms with Gasteiger partial charge in [-0.25, -0.2) is 0 Å². The lowest BCUT2D eigenvalue weighted by molar-refractivity contribution is -0.118. The number of thiophene rings is 1. The maximum absolute atomic E-state index is 6.04. The third-order valence-corrected chi connectivity index (χ3v) is 8.37. The first-order chi connectivity index (χ1) is 10.0. The Balaban J connectivity index is 1.62. The monoisotopic (exact) mass is 368 g/mol. The summed E-state index contributed by atoms with van der Waals surface area (Å²) in [6, 6.07) is 2.59. The van der Waals surface area contributed by atoms with Gasteiger partial charge in [-0.1, -0.05) is 6.92 Å². The Kier molecular flexibility index (Phi) is 3.53. The molecule has 1 aromatic heterocycles. The first-order valence-electron chi connectivity index (χ1n) is 8.20. The van der Waals surface area contributed by atoms with Gasteiger partial charge in [-0.2, -0.15) is 0 Å². The zero-order valence-electron chi connectivity index (χ0n) is 12.7. The van der Waals surface area contributed by atoms with Crippen LogP contribution in [0, 0.1) is 22.7 Å². The quantitative estimate of drug-likeness (QED) is 0.606. The van der Waals surface area contributed by atoms with Crippen LogP contribution in [0.15, 0.2) is 15.9 Å². The summed E-state index contributed by atoms with van der Waals surface area (Å²) >= 11 is 5.54. The Morgan fingerprint density at radius 3 is 2.62 bits per heavy atom. The van der Waals surface area contributed by atoms with Crippen LogP contribution in [0.4, 0.5) is 0 Å². The second-order valence-corrected chi connectivity index (χ2v) is 10.1. The molecule has 3 unspecified atom stereocenters. The number of hydrogen-bond donors (Lipinski definition) is 2. The third-order valence-electron chi connectivity index (χ3n) is 6.42. The highest BCUT2D eigenvalue weighted by Crippen LogP contribution is 2.66. The van der Waals surface area contributed by atoms with Gasteiger partial charge in [0.1, 0.15) is 0 Å². The third kappa shape index (κ3) is 2.43. The zero-order chi connectivity index (χ0) is 14.7. The highest BCUT2D eigenvalue weighted by atomic mass is 79.9. The normalized spacial score (nSPS) is 42.4. The lowest BCUT2D eigenvalue weighted by Crippen LogP contribution is -2.60. The highest BCUT2D eigenvalue weighted by Gasteiger charge is 2.58. The van der Waals surface area contributed by atoms with Gasteiger partial charge in [0, 0.05) is 21.8 Å². The molecule has 4 bridgehead atoms. The number of halogens is 1. The topological polar surface area (TPSA) is 38.0 Å². The Labute approximate surface area is 140 Å². The van der Waals surface area contributed by atoms with Gasteiger partial charge >= 0.3 is 0 Å². The molecule has 1 heterocycles. The summed E-state index contributed by atoms with van der Waals surface area (Å²) in [4.78, 5) is 1.44. The summed E-state index contributed by atoms with van der Waals surface area (Å²) in [7, 11) is 0. The summed E-state index contributed by atoms with van der Waals surface area (Å²) in [5.41, 5.74) is 4.26. The maximum Gasteiger partial charge on any atom is 0.0315 e. The van der Waals surface area contributed by atoms with E-state index in [-0.39, 0.29) is 0 Å². The molecule has 4 fully saturated rings. The fourth-order valence-corrected chi connectivity index (χ4v) is 7.88. The van der Waals surface area contributed by atoms with Crippen LogP contribution in [0.3, 0.4) is 0 Å². The van der Waals surface area contributed by atoms with Crippen LogP contribution in [0.2, 0.25) is 0 Å². The molecule has 116 valence electrons. The van der Waals surface area contributed by atoms with E-state index >= 15 is 0 Å². The first kappa shape index (κ1) is 14.7. The minimum atomic E-state index is 0.428. The van der Waals surface area contributed by atoms with Crippen molar-refractivity contribution in [2.24, 2.45) is 28.5 Å². The van der Waals surface area contributed by atoms with Gasteiger partial charge in [0.2, 0.25) is 0 Å². The molecule has 0 aliphatic heterocycles. The number of rotatable bonds is 4. The molecule has 3 N–H and O–H groups in total. The summed E-state index contributed by atoms with van der Waals surface area (Å²) in [6.45, 7) is 2.54. The Hall–Kier alpha value is 0.1000. The lowest BCUT2D eigenvalue weighted by Gasteiger charge is -2.63. The van der Waals surface area contributed by atoms with Gasteiger partial charge in [0.15, 0.2) is 0 Å². The molecular formula is C17H25BrN2S. The van der Waals surface area contributed by atoms with Crippen molar-refractivity contribution in [1.29, 1.82) is 0 Å². The minimum absolute atomic E-state index is 0.428. The van der Waals surface area contributed by atoms with E-state index in [1.54, 1.807) is 0 Å². The van der Waals surface area contributed by atoms with E-state index in [1.165, 1.54) is 47.9 Å². The van der Waals surface area contributed by atoms with E-state index in [2.05, 4.69) is 39.7 Å². The van der Waals surface area contributed by atoms with E-state index < -0.39 is 0 Å². The standard InChI is InChI=1S/C17H25BrN2S/c1-16-6-11-4-12(7-16)9-17(8-11,10-16)15(20-19)5-14-13(18)2-3-21-14/h2-3,11-12,15,20H,4-10,19H2,1H3. The van der Waals surface area contributed by atoms with Crippen molar-refractivity contribution in [3.05, 3.63) is 20.8 Å². The lowest BCUT2D eigenvalue weighted by atomic mass is 9.43. The molecule has 4 aliphatic carbocycles. The van der Waals surface area contributed by atoms with Gasteiger partial charge in [0.25, 0.3) is 0 Å². The summed E-state index contributed by atoms with van der Waals surface area (Å²) in [5, 5.41) is 2.17. The van der Waals surface area contributed by atoms with Crippen LogP contribution in [0.5, 0.6) is 0 Å². The van der Waals surface area contributed by atoms with Crippen LogP contribution in [0.1, 0.15) is 50.3 Å². The van der Waals surface area contributed by atoms with E-state index in [0.717, 1.165) is 18.3 Å². The Morgan fingerprint density at radius 1 is 1.38 bits per heavy atom. The molecule has 21 heavy (non-hydrogen) atoms. The average molecular weight is 369 g/mol. The molecule has 0 spiro atoms. The van der Waals surface area contributed by atoms with Crippen molar-refractivity contribution in [3.63, 3.8) is 0 Å². The predicted molar refractivity (Wildman–Crippen MR) is 92.1 cm³/mol. The molecule has 0 radical (unpaired) electrons. The van der Waals surface area contributed by atoms with Gasteiger partial charge in [0.05, 0.1) is 0 Å². The molecule has 0 saturated heterocycles. The minimum Gasteiger partial charge on any atom is -0.271 e. The van der Waals surface area contributed by atoms with Crippen molar-refractivity contribution in [1.82, 2.24) is 5.43 Å². The largest absolute Gasteiger partial charge is 0.271 e. The SMILES string of the molecule is CC12CC3CC(C1)CC(C(Cc1sccc1Br)NN)(C3)C2. The predicted octanol–water partition coefficient (Wildman–Crippen LogP) is 4.49. The Bertz CT molecular complexity index is 527. The van der Waals surface area contributed by atoms with Gasteiger partial charge in [-0.3, -0.25) is 11.3 Å². The fourth-order valence-electron chi connectivity index (χ4n) is 6.31. The second kappa shape index (κ2) is 5.05. The summed E-state index contributed by atoms with van der Waals surface area (Å²) in [6.07, 6.45) is 9.66. The number of nitrogens with two attached hydrogens (primary N) is 1. The van der Waals surface area contributed by atoms with E-state index in [4.69, 9.17) is 5.84 Å². The van der Waals surface area contributed by atoms with Gasteiger partial charge < -0.3 is 0 Å². The highest BCUT2D eigenvalue weighted by molar-refractivity contribution is 9.10. The summed E-state index contributed by atoms with van der Waals surface area (Å²) < 4.78 is 1.25. The zero-order valence-corrected chi connectivity index (χ0v) is 15.1. The van der Waals surface area contributed by atoms with Crippen LogP contribution in [-0.4, -0.2) is 6.04 Å². The molecule has 1 aromatic rings. The molecule has 4 heteroatoms. The molecule has 5 rings (SSSR count). The second-order valence-electron chi connectivity index (χ2n) is 8.25. The number of hydrogen-bond acceptors (Lipinski definition) is 3. The maximum atomic E-state index is 6.04. The summed E-state index contributed by atoms with van der Waals surface area (Å²) in [5.74, 6) is 7.96. The van der Waals surface area contributed by atoms with Crippen molar-refractivity contribution in [3.8, 4) is 0 Å². The molecule has 4 saturated carbocycles. The molecule has 0 aromatic carbocycles. The van der Waals surface area contributed by atoms with Crippen LogP contribution < -0.4 is 11.3 Å². The van der Waals surface area contributed by atoms with Crippen molar-refractivity contribution in [2.75, 3.05) is 0 Å². The van der Waals surface area contributed by atoms with Crippen molar-refractivity contribution >= 4 is 27.3 Å².